The maximum atomic E-state index is 11.9. The fourth-order valence-electron chi connectivity index (χ4n) is 2.95. The zero-order valence-electron chi connectivity index (χ0n) is 18.3. The van der Waals surface area contributed by atoms with E-state index < -0.39 is 53.0 Å². The van der Waals surface area contributed by atoms with Crippen molar-refractivity contribution < 1.29 is 193 Å². The van der Waals surface area contributed by atoms with Crippen LogP contribution in [0.5, 0.6) is 0 Å². The SMILES string of the molecule is O=S(=O)([O-])c1ccccc1P(c1ccccc1S(=O)(=O)[O-])c1ccccc1S(=O)(=O)[O-].[K+].[K+].[K+]. The van der Waals surface area contributed by atoms with E-state index in [0.29, 0.717) is 0 Å². The van der Waals surface area contributed by atoms with Crippen molar-refractivity contribution in [3.63, 3.8) is 0 Å². The molecule has 0 aliphatic rings. The standard InChI is InChI=1S/C18H15O9PS3.3K/c19-29(20,21)16-10-4-1-7-13(16)28(14-8-2-5-11-17(14)30(22,23)24)15-9-3-6-12-18(15)31(25,26)27;;;/h1-12H,(H,19,20,21)(H,22,23,24)(H,25,26,27);;;/q;3*+1/p-3. The summed E-state index contributed by atoms with van der Waals surface area (Å²) in [5, 5.41) is -0.667. The molecule has 34 heavy (non-hydrogen) atoms. The molecule has 0 atom stereocenters. The third kappa shape index (κ3) is 9.15. The largest absolute Gasteiger partial charge is 1.00 e. The van der Waals surface area contributed by atoms with Gasteiger partial charge in [0.05, 0.1) is 14.7 Å². The van der Waals surface area contributed by atoms with Crippen molar-refractivity contribution in [3.05, 3.63) is 72.8 Å². The summed E-state index contributed by atoms with van der Waals surface area (Å²) in [6, 6.07) is 14.4. The van der Waals surface area contributed by atoms with Gasteiger partial charge in [-0.2, -0.15) is 0 Å². The van der Waals surface area contributed by atoms with E-state index in [-0.39, 0.29) is 170 Å². The van der Waals surface area contributed by atoms with Gasteiger partial charge in [0, 0.05) is 15.9 Å². The van der Waals surface area contributed by atoms with Gasteiger partial charge in [0.25, 0.3) is 0 Å². The van der Waals surface area contributed by atoms with Crippen LogP contribution < -0.4 is 170 Å². The Balaban J connectivity index is 0.00000363. The Morgan fingerprint density at radius 1 is 0.441 bits per heavy atom. The minimum absolute atomic E-state index is 0. The van der Waals surface area contributed by atoms with Gasteiger partial charge in [-0.3, -0.25) is 0 Å². The maximum Gasteiger partial charge on any atom is 1.00 e. The van der Waals surface area contributed by atoms with Gasteiger partial charge in [0.2, 0.25) is 0 Å². The average molecular weight is 617 g/mol. The molecule has 0 spiro atoms. The van der Waals surface area contributed by atoms with Crippen molar-refractivity contribution in [3.8, 4) is 0 Å². The summed E-state index contributed by atoms with van der Waals surface area (Å²) in [4.78, 5) is -2.17. The van der Waals surface area contributed by atoms with Gasteiger partial charge in [-0.1, -0.05) is 54.6 Å². The van der Waals surface area contributed by atoms with Crippen LogP contribution in [0.15, 0.2) is 87.5 Å². The Bertz CT molecular complexity index is 1300. The van der Waals surface area contributed by atoms with E-state index in [1.165, 1.54) is 54.6 Å². The molecule has 0 amide bonds. The molecule has 3 aromatic carbocycles. The molecular weight excluding hydrogens is 605 g/mol. The van der Waals surface area contributed by atoms with E-state index >= 15 is 0 Å². The van der Waals surface area contributed by atoms with Crippen molar-refractivity contribution in [1.29, 1.82) is 0 Å². The third-order valence-electron chi connectivity index (χ3n) is 4.13. The maximum absolute atomic E-state index is 11.9. The minimum atomic E-state index is -5.08. The molecule has 0 radical (unpaired) electrons. The summed E-state index contributed by atoms with van der Waals surface area (Å²) < 4.78 is 107. The molecule has 0 aliphatic heterocycles. The fraction of sp³-hybridized carbons (Fsp3) is 0. The van der Waals surface area contributed by atoms with Crippen LogP contribution in [0.25, 0.3) is 0 Å². The van der Waals surface area contributed by atoms with E-state index in [1.807, 2.05) is 0 Å². The first-order valence-electron chi connectivity index (χ1n) is 8.27. The molecular formula is C18H12K3O9PS3. The second-order valence-electron chi connectivity index (χ2n) is 6.10. The molecule has 9 nitrogen and oxygen atoms in total. The van der Waals surface area contributed by atoms with Gasteiger partial charge in [0.15, 0.2) is 0 Å². The van der Waals surface area contributed by atoms with Gasteiger partial charge < -0.3 is 13.7 Å². The first-order valence-corrected chi connectivity index (χ1v) is 13.8. The molecule has 0 bridgehead atoms. The summed E-state index contributed by atoms with van der Waals surface area (Å²) in [5.41, 5.74) is 0. The van der Waals surface area contributed by atoms with Gasteiger partial charge >= 0.3 is 154 Å². The first-order chi connectivity index (χ1) is 14.3. The quantitative estimate of drug-likeness (QED) is 0.148. The predicted molar refractivity (Wildman–Crippen MR) is 109 cm³/mol. The van der Waals surface area contributed by atoms with Crippen molar-refractivity contribution in [2.75, 3.05) is 0 Å². The molecule has 0 saturated carbocycles. The molecule has 0 saturated heterocycles. The van der Waals surface area contributed by atoms with Crippen LogP contribution in [0.3, 0.4) is 0 Å². The molecule has 3 aromatic rings. The molecule has 16 heteroatoms. The van der Waals surface area contributed by atoms with Crippen molar-refractivity contribution in [1.82, 2.24) is 0 Å². The Kier molecular flexibility index (Phi) is 16.1. The summed E-state index contributed by atoms with van der Waals surface area (Å²) in [6.45, 7) is 0. The fourth-order valence-corrected chi connectivity index (χ4v) is 8.85. The molecule has 0 unspecified atom stereocenters. The summed E-state index contributed by atoms with van der Waals surface area (Å²) in [7, 11) is -17.7. The molecule has 0 N–H and O–H groups in total. The third-order valence-corrected chi connectivity index (χ3v) is 9.88. The Morgan fingerprint density at radius 2 is 0.647 bits per heavy atom. The Labute approximate surface area is 327 Å². The van der Waals surface area contributed by atoms with Crippen molar-refractivity contribution >= 4 is 54.2 Å². The summed E-state index contributed by atoms with van der Waals surface area (Å²) >= 11 is 0. The zero-order valence-corrected chi connectivity index (χ0v) is 31.0. The van der Waals surface area contributed by atoms with Crippen molar-refractivity contribution in [2.24, 2.45) is 0 Å². The van der Waals surface area contributed by atoms with Gasteiger partial charge in [-0.05, 0) is 26.1 Å². The first kappa shape index (κ1) is 36.7. The minimum Gasteiger partial charge on any atom is -0.744 e. The summed E-state index contributed by atoms with van der Waals surface area (Å²) in [5.74, 6) is 0. The van der Waals surface area contributed by atoms with Gasteiger partial charge in [-0.25, -0.2) is 25.3 Å². The van der Waals surface area contributed by atoms with E-state index in [4.69, 9.17) is 0 Å². The van der Waals surface area contributed by atoms with Crippen molar-refractivity contribution in [2.45, 2.75) is 14.7 Å². The molecule has 0 heterocycles. The smallest absolute Gasteiger partial charge is 0.744 e. The molecule has 0 aromatic heterocycles. The second kappa shape index (κ2) is 14.9. The van der Waals surface area contributed by atoms with Crippen LogP contribution in [0.2, 0.25) is 0 Å². The zero-order chi connectivity index (χ0) is 23.0. The van der Waals surface area contributed by atoms with Gasteiger partial charge in [0.1, 0.15) is 30.4 Å². The molecule has 164 valence electrons. The van der Waals surface area contributed by atoms with E-state index in [9.17, 15) is 38.9 Å². The van der Waals surface area contributed by atoms with Crippen LogP contribution in [-0.2, 0) is 30.4 Å². The Hall–Kier alpha value is 2.73. The topological polar surface area (TPSA) is 172 Å². The van der Waals surface area contributed by atoms with Crippen LogP contribution in [0, 0.1) is 0 Å². The number of hydrogen-bond donors (Lipinski definition) is 0. The monoisotopic (exact) mass is 616 g/mol. The molecule has 0 aliphatic carbocycles. The van der Waals surface area contributed by atoms with Crippen LogP contribution in [0.1, 0.15) is 0 Å². The van der Waals surface area contributed by atoms with Crippen LogP contribution >= 0.6 is 7.92 Å². The van der Waals surface area contributed by atoms with Gasteiger partial charge in [-0.15, -0.1) is 0 Å². The van der Waals surface area contributed by atoms with E-state index in [2.05, 4.69) is 0 Å². The average Bonchev–Trinajstić information content (AvgIpc) is 2.67. The molecule has 0 fully saturated rings. The number of hydrogen-bond acceptors (Lipinski definition) is 9. The summed E-state index contributed by atoms with van der Waals surface area (Å²) in [6.07, 6.45) is 0. The predicted octanol–water partition coefficient (Wildman–Crippen LogP) is -8.83. The van der Waals surface area contributed by atoms with E-state index in [1.54, 1.807) is 0 Å². The van der Waals surface area contributed by atoms with E-state index in [0.717, 1.165) is 18.2 Å². The van der Waals surface area contributed by atoms with Crippen LogP contribution in [-0.4, -0.2) is 38.9 Å². The normalized spacial score (nSPS) is 11.6. The second-order valence-corrected chi connectivity index (χ2v) is 12.3. The van der Waals surface area contributed by atoms with Crippen LogP contribution in [0.4, 0.5) is 0 Å². The number of rotatable bonds is 6. The Morgan fingerprint density at radius 3 is 0.853 bits per heavy atom. The number of benzene rings is 3. The molecule has 3 rings (SSSR count).